The smallest absolute Gasteiger partial charge is 0.254 e. The van der Waals surface area contributed by atoms with E-state index in [-0.39, 0.29) is 11.3 Å². The highest BCUT2D eigenvalue weighted by molar-refractivity contribution is 5.95. The molecule has 0 aliphatic carbocycles. The van der Waals surface area contributed by atoms with Crippen LogP contribution in [-0.4, -0.2) is 62.1 Å². The van der Waals surface area contributed by atoms with Gasteiger partial charge in [0.15, 0.2) is 0 Å². The Morgan fingerprint density at radius 2 is 1.79 bits per heavy atom. The van der Waals surface area contributed by atoms with E-state index in [1.54, 1.807) is 0 Å². The molecular weight excluding hydrogens is 410 g/mol. The number of carbonyl (C=O) groups excluding carboxylic acids is 1. The molecule has 2 aliphatic rings. The van der Waals surface area contributed by atoms with Crippen LogP contribution in [0.1, 0.15) is 75.7 Å². The normalized spacial score (nSPS) is 20.4. The minimum Gasteiger partial charge on any atom is -0.378 e. The summed E-state index contributed by atoms with van der Waals surface area (Å²) in [5, 5.41) is 3.90. The number of likely N-dealkylation sites (tertiary alicyclic amines) is 1. The maximum atomic E-state index is 13.1. The zero-order valence-electron chi connectivity index (χ0n) is 21.4. The van der Waals surface area contributed by atoms with Crippen molar-refractivity contribution in [1.82, 2.24) is 15.1 Å². The van der Waals surface area contributed by atoms with E-state index < -0.39 is 0 Å². The third kappa shape index (κ3) is 6.48. The molecule has 0 bridgehead atoms. The third-order valence-electron chi connectivity index (χ3n) is 7.29. The van der Waals surface area contributed by atoms with Gasteiger partial charge in [0.2, 0.25) is 0 Å². The SMILES string of the molecule is CCC/C=C(\N/C(=C(\C)CC)c1cccc(C(=O)N2CCOCC2)c1)C1(C)CCN(C)CC1. The fourth-order valence-corrected chi connectivity index (χ4v) is 4.61. The number of benzene rings is 1. The number of morpholine rings is 1. The van der Waals surface area contributed by atoms with Crippen LogP contribution in [0.15, 0.2) is 41.6 Å². The van der Waals surface area contributed by atoms with Crippen molar-refractivity contribution >= 4 is 11.6 Å². The van der Waals surface area contributed by atoms with Crippen LogP contribution in [0.3, 0.4) is 0 Å². The van der Waals surface area contributed by atoms with Gasteiger partial charge in [-0.25, -0.2) is 0 Å². The Bertz CT molecular complexity index is 860. The first-order valence-electron chi connectivity index (χ1n) is 12.7. The van der Waals surface area contributed by atoms with E-state index in [1.807, 2.05) is 17.0 Å². The number of nitrogens with zero attached hydrogens (tertiary/aromatic N) is 2. The van der Waals surface area contributed by atoms with Gasteiger partial charge in [0.25, 0.3) is 5.91 Å². The van der Waals surface area contributed by atoms with Crippen molar-refractivity contribution in [3.63, 3.8) is 0 Å². The van der Waals surface area contributed by atoms with Gasteiger partial charge in [0.1, 0.15) is 0 Å². The van der Waals surface area contributed by atoms with Crippen LogP contribution < -0.4 is 5.32 Å². The molecule has 2 saturated heterocycles. The predicted molar refractivity (Wildman–Crippen MR) is 137 cm³/mol. The Morgan fingerprint density at radius 3 is 2.42 bits per heavy atom. The van der Waals surface area contributed by atoms with Gasteiger partial charge < -0.3 is 19.9 Å². The predicted octanol–water partition coefficient (Wildman–Crippen LogP) is 5.31. The Kier molecular flexibility index (Phi) is 9.16. The van der Waals surface area contributed by atoms with E-state index in [0.717, 1.165) is 62.0 Å². The van der Waals surface area contributed by atoms with Gasteiger partial charge in [-0.05, 0) is 76.0 Å². The van der Waals surface area contributed by atoms with E-state index in [1.165, 1.54) is 11.3 Å². The zero-order valence-corrected chi connectivity index (χ0v) is 21.4. The second kappa shape index (κ2) is 11.8. The fourth-order valence-electron chi connectivity index (χ4n) is 4.61. The maximum Gasteiger partial charge on any atom is 0.254 e. The molecule has 2 heterocycles. The van der Waals surface area contributed by atoms with Gasteiger partial charge in [-0.3, -0.25) is 4.79 Å². The van der Waals surface area contributed by atoms with E-state index in [9.17, 15) is 4.79 Å². The molecule has 0 atom stereocenters. The van der Waals surface area contributed by atoms with Gasteiger partial charge >= 0.3 is 0 Å². The number of hydrogen-bond donors (Lipinski definition) is 1. The fraction of sp³-hybridized carbons (Fsp3) is 0.607. The van der Waals surface area contributed by atoms with Gasteiger partial charge in [0.05, 0.1) is 13.2 Å². The number of allylic oxidation sites excluding steroid dienone is 3. The summed E-state index contributed by atoms with van der Waals surface area (Å²) in [6.07, 6.45) is 7.89. The van der Waals surface area contributed by atoms with Crippen LogP contribution in [0.2, 0.25) is 0 Å². The molecule has 0 radical (unpaired) electrons. The summed E-state index contributed by atoms with van der Waals surface area (Å²) in [7, 11) is 2.21. The van der Waals surface area contributed by atoms with Crippen molar-refractivity contribution in [2.45, 2.75) is 59.8 Å². The minimum atomic E-state index is 0.0951. The van der Waals surface area contributed by atoms with Crippen molar-refractivity contribution < 1.29 is 9.53 Å². The Hall–Kier alpha value is -2.11. The summed E-state index contributed by atoms with van der Waals surface area (Å²) in [4.78, 5) is 17.5. The number of unbranched alkanes of at least 4 members (excludes halogenated alkanes) is 1. The molecule has 5 nitrogen and oxygen atoms in total. The number of ether oxygens (including phenoxy) is 1. The molecule has 1 aromatic rings. The molecule has 2 fully saturated rings. The van der Waals surface area contributed by atoms with Crippen molar-refractivity contribution in [3.05, 3.63) is 52.7 Å². The van der Waals surface area contributed by atoms with Crippen LogP contribution in [-0.2, 0) is 4.74 Å². The van der Waals surface area contributed by atoms with Crippen LogP contribution in [0, 0.1) is 5.41 Å². The van der Waals surface area contributed by atoms with E-state index >= 15 is 0 Å². The molecule has 1 N–H and O–H groups in total. The van der Waals surface area contributed by atoms with E-state index in [0.29, 0.717) is 26.3 Å². The molecular formula is C28H43N3O2. The molecule has 5 heteroatoms. The van der Waals surface area contributed by atoms with Gasteiger partial charge in [0, 0.05) is 35.5 Å². The highest BCUT2D eigenvalue weighted by Gasteiger charge is 2.33. The lowest BCUT2D eigenvalue weighted by molar-refractivity contribution is 0.0303. The largest absolute Gasteiger partial charge is 0.378 e. The first-order chi connectivity index (χ1) is 15.9. The summed E-state index contributed by atoms with van der Waals surface area (Å²) in [5.41, 5.74) is 5.78. The third-order valence-corrected chi connectivity index (χ3v) is 7.29. The van der Waals surface area contributed by atoms with Gasteiger partial charge in [-0.2, -0.15) is 0 Å². The van der Waals surface area contributed by atoms with Gasteiger partial charge in [-0.1, -0.05) is 45.4 Å². The topological polar surface area (TPSA) is 44.8 Å². The van der Waals surface area contributed by atoms with Crippen LogP contribution in [0.4, 0.5) is 0 Å². The average molecular weight is 454 g/mol. The lowest BCUT2D eigenvalue weighted by atomic mass is 9.76. The summed E-state index contributed by atoms with van der Waals surface area (Å²) in [6, 6.07) is 8.15. The van der Waals surface area contributed by atoms with Crippen LogP contribution in [0.5, 0.6) is 0 Å². The van der Waals surface area contributed by atoms with Crippen molar-refractivity contribution in [2.75, 3.05) is 46.4 Å². The molecule has 0 spiro atoms. The number of carbonyl (C=O) groups is 1. The van der Waals surface area contributed by atoms with Crippen molar-refractivity contribution in [3.8, 4) is 0 Å². The Labute approximate surface area is 200 Å². The quantitative estimate of drug-likeness (QED) is 0.580. The first kappa shape index (κ1) is 25.5. The monoisotopic (exact) mass is 453 g/mol. The molecule has 0 aromatic heterocycles. The number of piperidine rings is 1. The molecule has 3 rings (SSSR count). The lowest BCUT2D eigenvalue weighted by Crippen LogP contribution is -2.41. The summed E-state index contributed by atoms with van der Waals surface area (Å²) >= 11 is 0. The second-order valence-corrected chi connectivity index (χ2v) is 9.89. The van der Waals surface area contributed by atoms with E-state index in [2.05, 4.69) is 63.2 Å². The van der Waals surface area contributed by atoms with Crippen molar-refractivity contribution in [2.24, 2.45) is 5.41 Å². The molecule has 0 unspecified atom stereocenters. The van der Waals surface area contributed by atoms with Crippen LogP contribution >= 0.6 is 0 Å². The highest BCUT2D eigenvalue weighted by Crippen LogP contribution is 2.38. The van der Waals surface area contributed by atoms with Gasteiger partial charge in [-0.15, -0.1) is 0 Å². The molecule has 1 aromatic carbocycles. The first-order valence-corrected chi connectivity index (χ1v) is 12.7. The minimum absolute atomic E-state index is 0.0951. The summed E-state index contributed by atoms with van der Waals surface area (Å²) in [6.45, 7) is 13.8. The standard InChI is InChI=1S/C28H43N3O2/c1-6-8-12-25(28(4)13-15-30(5)16-14-28)29-26(22(3)7-2)23-10-9-11-24(21-23)27(32)31-17-19-33-20-18-31/h9-12,21,29H,6-8,13-20H2,1-5H3/b25-12-,26-22+. The molecule has 182 valence electrons. The zero-order chi connectivity index (χ0) is 23.8. The molecule has 2 aliphatic heterocycles. The number of hydrogen-bond acceptors (Lipinski definition) is 4. The van der Waals surface area contributed by atoms with Crippen molar-refractivity contribution in [1.29, 1.82) is 0 Å². The Morgan fingerprint density at radius 1 is 1.12 bits per heavy atom. The number of nitrogens with one attached hydrogen (secondary N) is 1. The number of amides is 1. The Balaban J connectivity index is 1.91. The average Bonchev–Trinajstić information content (AvgIpc) is 2.85. The highest BCUT2D eigenvalue weighted by atomic mass is 16.5. The summed E-state index contributed by atoms with van der Waals surface area (Å²) in [5.74, 6) is 0.0951. The second-order valence-electron chi connectivity index (χ2n) is 9.89. The van der Waals surface area contributed by atoms with Crippen LogP contribution in [0.25, 0.3) is 5.70 Å². The van der Waals surface area contributed by atoms with E-state index in [4.69, 9.17) is 4.74 Å². The molecule has 1 amide bonds. The molecule has 33 heavy (non-hydrogen) atoms. The number of rotatable bonds is 8. The molecule has 0 saturated carbocycles. The summed E-state index contributed by atoms with van der Waals surface area (Å²) < 4.78 is 5.42. The maximum absolute atomic E-state index is 13.1. The lowest BCUT2D eigenvalue weighted by Gasteiger charge is -2.40.